The van der Waals surface area contributed by atoms with Gasteiger partial charge in [0.05, 0.1) is 6.61 Å². The Labute approximate surface area is 70.8 Å². The van der Waals surface area contributed by atoms with Crippen LogP contribution < -0.4 is 5.73 Å². The van der Waals surface area contributed by atoms with Crippen molar-refractivity contribution in [1.29, 1.82) is 0 Å². The number of hydrogen-bond acceptors (Lipinski definition) is 5. The summed E-state index contributed by atoms with van der Waals surface area (Å²) in [6.07, 6.45) is -3.87. The van der Waals surface area contributed by atoms with Crippen molar-refractivity contribution < 1.29 is 20.1 Å². The second-order valence-corrected chi connectivity index (χ2v) is 3.21. The molecule has 1 unspecified atom stereocenters. The van der Waals surface area contributed by atoms with Crippen LogP contribution in [0.1, 0.15) is 6.92 Å². The number of aliphatic hydroxyl groups is 3. The van der Waals surface area contributed by atoms with Crippen LogP contribution in [0.4, 0.5) is 0 Å². The van der Waals surface area contributed by atoms with Gasteiger partial charge in [-0.3, -0.25) is 0 Å². The summed E-state index contributed by atoms with van der Waals surface area (Å²) in [5.41, 5.74) is 5.49. The van der Waals surface area contributed by atoms with E-state index in [4.69, 9.17) is 15.6 Å². The quantitative estimate of drug-likeness (QED) is 0.365. The predicted octanol–water partition coefficient (Wildman–Crippen LogP) is -2.18. The first kappa shape index (κ1) is 9.88. The first-order valence-electron chi connectivity index (χ1n) is 3.95. The molecular formula is C7H15NO4. The van der Waals surface area contributed by atoms with E-state index in [2.05, 4.69) is 0 Å². The average molecular weight is 177 g/mol. The number of aliphatic hydroxyl groups excluding tert-OH is 3. The summed E-state index contributed by atoms with van der Waals surface area (Å²) in [5.74, 6) is 0. The van der Waals surface area contributed by atoms with Crippen LogP contribution in [0.25, 0.3) is 0 Å². The van der Waals surface area contributed by atoms with Gasteiger partial charge >= 0.3 is 0 Å². The van der Waals surface area contributed by atoms with Crippen molar-refractivity contribution in [2.45, 2.75) is 37.4 Å². The Bertz CT molecular complexity index is 152. The number of hydrogen-bond donors (Lipinski definition) is 4. The van der Waals surface area contributed by atoms with Crippen LogP contribution in [0.5, 0.6) is 0 Å². The molecule has 1 heterocycles. The Morgan fingerprint density at radius 2 is 1.92 bits per heavy atom. The molecular weight excluding hydrogens is 162 g/mol. The first-order valence-corrected chi connectivity index (χ1v) is 3.95. The second-order valence-electron chi connectivity index (χ2n) is 3.21. The van der Waals surface area contributed by atoms with Gasteiger partial charge in [0, 0.05) is 6.04 Å². The predicted molar refractivity (Wildman–Crippen MR) is 41.4 cm³/mol. The normalized spacial score (nSPS) is 45.8. The van der Waals surface area contributed by atoms with Gasteiger partial charge < -0.3 is 25.8 Å². The van der Waals surface area contributed by atoms with Crippen molar-refractivity contribution in [3.8, 4) is 0 Å². The van der Waals surface area contributed by atoms with Crippen molar-refractivity contribution in [3.63, 3.8) is 0 Å². The molecule has 1 fully saturated rings. The maximum atomic E-state index is 9.36. The highest BCUT2D eigenvalue weighted by Gasteiger charge is 2.38. The number of nitrogens with two attached hydrogens (primary N) is 1. The standard InChI is InChI=1S/C7H15NO4/c1-3(8)7-6(11)5(10)4(9)2-12-7/h3-7,9-11H,2,8H2,1H3/t3?,4-,5+,6-,7+/m0/s1. The van der Waals surface area contributed by atoms with Gasteiger partial charge in [-0.2, -0.15) is 0 Å². The molecule has 0 saturated carbocycles. The number of ether oxygens (including phenoxy) is 1. The summed E-state index contributed by atoms with van der Waals surface area (Å²) >= 11 is 0. The van der Waals surface area contributed by atoms with E-state index in [0.717, 1.165) is 0 Å². The van der Waals surface area contributed by atoms with Crippen LogP contribution in [-0.2, 0) is 4.74 Å². The van der Waals surface area contributed by atoms with Crippen LogP contribution in [0.3, 0.4) is 0 Å². The lowest BCUT2D eigenvalue weighted by Gasteiger charge is -2.36. The van der Waals surface area contributed by atoms with Gasteiger partial charge in [0.15, 0.2) is 0 Å². The van der Waals surface area contributed by atoms with Crippen LogP contribution >= 0.6 is 0 Å². The minimum atomic E-state index is -1.16. The molecule has 5 atom stereocenters. The fourth-order valence-electron chi connectivity index (χ4n) is 1.29. The van der Waals surface area contributed by atoms with Gasteiger partial charge in [-0.1, -0.05) is 0 Å². The van der Waals surface area contributed by atoms with E-state index in [-0.39, 0.29) is 12.6 Å². The maximum Gasteiger partial charge on any atom is 0.111 e. The molecule has 72 valence electrons. The molecule has 12 heavy (non-hydrogen) atoms. The molecule has 0 aromatic carbocycles. The molecule has 0 aliphatic carbocycles. The number of rotatable bonds is 1. The first-order chi connectivity index (χ1) is 5.54. The summed E-state index contributed by atoms with van der Waals surface area (Å²) in [4.78, 5) is 0. The van der Waals surface area contributed by atoms with Gasteiger partial charge in [0.2, 0.25) is 0 Å². The SMILES string of the molecule is CC(N)[C@H]1OC[C@H](O)[C@@H](O)[C@@H]1O. The monoisotopic (exact) mass is 177 g/mol. The van der Waals surface area contributed by atoms with E-state index in [0.29, 0.717) is 0 Å². The summed E-state index contributed by atoms with van der Waals surface area (Å²) in [5, 5.41) is 27.7. The third-order valence-electron chi connectivity index (χ3n) is 2.06. The molecule has 0 aromatic rings. The van der Waals surface area contributed by atoms with Gasteiger partial charge in [0.1, 0.15) is 24.4 Å². The molecule has 1 rings (SSSR count). The zero-order valence-electron chi connectivity index (χ0n) is 6.92. The Morgan fingerprint density at radius 1 is 1.33 bits per heavy atom. The fraction of sp³-hybridized carbons (Fsp3) is 1.00. The lowest BCUT2D eigenvalue weighted by Crippen LogP contribution is -2.57. The summed E-state index contributed by atoms with van der Waals surface area (Å²) in [7, 11) is 0. The molecule has 0 bridgehead atoms. The topological polar surface area (TPSA) is 95.9 Å². The average Bonchev–Trinajstić information content (AvgIpc) is 2.00. The molecule has 1 saturated heterocycles. The largest absolute Gasteiger partial charge is 0.388 e. The summed E-state index contributed by atoms with van der Waals surface area (Å²) < 4.78 is 5.05. The molecule has 5 nitrogen and oxygen atoms in total. The van der Waals surface area contributed by atoms with Gasteiger partial charge in [-0.25, -0.2) is 0 Å². The minimum Gasteiger partial charge on any atom is -0.388 e. The van der Waals surface area contributed by atoms with E-state index in [9.17, 15) is 10.2 Å². The summed E-state index contributed by atoms with van der Waals surface area (Å²) in [6.45, 7) is 1.70. The van der Waals surface area contributed by atoms with Gasteiger partial charge in [-0.05, 0) is 6.92 Å². The Hall–Kier alpha value is -0.200. The second kappa shape index (κ2) is 3.68. The van der Waals surface area contributed by atoms with E-state index in [1.807, 2.05) is 0 Å². The van der Waals surface area contributed by atoms with Crippen LogP contribution in [0.15, 0.2) is 0 Å². The van der Waals surface area contributed by atoms with Gasteiger partial charge in [0.25, 0.3) is 0 Å². The van der Waals surface area contributed by atoms with Crippen LogP contribution in [0, 0.1) is 0 Å². The lowest BCUT2D eigenvalue weighted by atomic mass is 9.96. The van der Waals surface area contributed by atoms with Crippen molar-refractivity contribution in [2.75, 3.05) is 6.61 Å². The maximum absolute atomic E-state index is 9.36. The Morgan fingerprint density at radius 3 is 2.42 bits per heavy atom. The van der Waals surface area contributed by atoms with Crippen LogP contribution in [0.2, 0.25) is 0 Å². The Balaban J connectivity index is 2.58. The molecule has 1 aliphatic heterocycles. The third kappa shape index (κ3) is 1.75. The highest BCUT2D eigenvalue weighted by molar-refractivity contribution is 4.90. The molecule has 1 aliphatic rings. The third-order valence-corrected chi connectivity index (χ3v) is 2.06. The van der Waals surface area contributed by atoms with E-state index in [1.54, 1.807) is 6.92 Å². The summed E-state index contributed by atoms with van der Waals surface area (Å²) in [6, 6.07) is -0.359. The Kier molecular flexibility index (Phi) is 3.03. The fourth-order valence-corrected chi connectivity index (χ4v) is 1.29. The van der Waals surface area contributed by atoms with Crippen molar-refractivity contribution >= 4 is 0 Å². The van der Waals surface area contributed by atoms with Crippen LogP contribution in [-0.4, -0.2) is 52.4 Å². The molecule has 5 heteroatoms. The molecule has 0 radical (unpaired) electrons. The molecule has 0 spiro atoms. The van der Waals surface area contributed by atoms with E-state index >= 15 is 0 Å². The van der Waals surface area contributed by atoms with Crippen molar-refractivity contribution in [3.05, 3.63) is 0 Å². The zero-order valence-corrected chi connectivity index (χ0v) is 6.92. The molecule has 5 N–H and O–H groups in total. The molecule has 0 aromatic heterocycles. The molecule has 0 amide bonds. The van der Waals surface area contributed by atoms with E-state index in [1.165, 1.54) is 0 Å². The van der Waals surface area contributed by atoms with Crippen molar-refractivity contribution in [1.82, 2.24) is 0 Å². The van der Waals surface area contributed by atoms with Gasteiger partial charge in [-0.15, -0.1) is 0 Å². The highest BCUT2D eigenvalue weighted by atomic mass is 16.5. The lowest BCUT2D eigenvalue weighted by molar-refractivity contribution is -0.190. The van der Waals surface area contributed by atoms with Crippen molar-refractivity contribution in [2.24, 2.45) is 5.73 Å². The smallest absolute Gasteiger partial charge is 0.111 e. The highest BCUT2D eigenvalue weighted by Crippen LogP contribution is 2.16. The van der Waals surface area contributed by atoms with E-state index < -0.39 is 24.4 Å². The zero-order chi connectivity index (χ0) is 9.30. The minimum absolute atomic E-state index is 0.0183.